The first-order valence-electron chi connectivity index (χ1n) is 3.89. The first-order chi connectivity index (χ1) is 6.02. The maximum Gasteiger partial charge on any atom is 0.129 e. The fourth-order valence-electron chi connectivity index (χ4n) is 1.02. The van der Waals surface area contributed by atoms with Gasteiger partial charge in [0.05, 0.1) is 6.17 Å². The van der Waals surface area contributed by atoms with Gasteiger partial charge in [-0.1, -0.05) is 0 Å². The molecule has 0 aromatic heterocycles. The average molecular weight is 186 g/mol. The first-order valence-corrected chi connectivity index (χ1v) is 3.89. The molecule has 0 bridgehead atoms. The molecule has 0 heterocycles. The van der Waals surface area contributed by atoms with Crippen molar-refractivity contribution in [3.8, 4) is 0 Å². The Bertz CT molecular complexity index is 300. The number of hydrogen-bond donors (Lipinski definition) is 1. The van der Waals surface area contributed by atoms with Gasteiger partial charge in [-0.05, 0) is 32.3 Å². The zero-order valence-electron chi connectivity index (χ0n) is 7.59. The average Bonchev–Trinajstić information content (AvgIpc) is 2.08. The van der Waals surface area contributed by atoms with Crippen LogP contribution < -0.4 is 5.73 Å². The first kappa shape index (κ1) is 10.1. The monoisotopic (exact) mass is 186 g/mol. The van der Waals surface area contributed by atoms with E-state index < -0.39 is 17.8 Å². The number of rotatable bonds is 2. The van der Waals surface area contributed by atoms with Gasteiger partial charge in [0.1, 0.15) is 11.6 Å². The second-order valence-corrected chi connectivity index (χ2v) is 3.07. The minimum absolute atomic E-state index is 0.171. The lowest BCUT2D eigenvalue weighted by atomic mass is 10.1. The molecule has 1 atom stereocenters. The van der Waals surface area contributed by atoms with E-state index in [0.29, 0.717) is 0 Å². The van der Waals surface area contributed by atoms with Gasteiger partial charge >= 0.3 is 0 Å². The lowest BCUT2D eigenvalue weighted by Gasteiger charge is -2.20. The van der Waals surface area contributed by atoms with Gasteiger partial charge in [0.15, 0.2) is 0 Å². The van der Waals surface area contributed by atoms with E-state index in [1.807, 2.05) is 0 Å². The van der Waals surface area contributed by atoms with Crippen LogP contribution in [-0.4, -0.2) is 19.0 Å². The van der Waals surface area contributed by atoms with Gasteiger partial charge < -0.3 is 5.73 Å². The van der Waals surface area contributed by atoms with E-state index in [4.69, 9.17) is 5.73 Å². The van der Waals surface area contributed by atoms with Gasteiger partial charge in [0.25, 0.3) is 0 Å². The number of halogens is 2. The normalized spacial score (nSPS) is 13.4. The van der Waals surface area contributed by atoms with Crippen molar-refractivity contribution in [2.45, 2.75) is 6.17 Å². The predicted octanol–water partition coefficient (Wildman–Crippen LogP) is 1.48. The van der Waals surface area contributed by atoms with Crippen molar-refractivity contribution in [3.63, 3.8) is 0 Å². The van der Waals surface area contributed by atoms with Crippen LogP contribution in [0.15, 0.2) is 18.2 Å². The molecule has 0 amide bonds. The summed E-state index contributed by atoms with van der Waals surface area (Å²) in [6, 6.07) is 3.26. The summed E-state index contributed by atoms with van der Waals surface area (Å²) in [6.07, 6.45) is -0.615. The molecule has 0 aliphatic heterocycles. The standard InChI is InChI=1S/C9H12F2N2/c1-13(2)9(12)7-5-6(10)3-4-8(7)11/h3-5,9H,12H2,1-2H3. The van der Waals surface area contributed by atoms with Crippen LogP contribution in [0.25, 0.3) is 0 Å². The molecule has 1 unspecified atom stereocenters. The van der Waals surface area contributed by atoms with E-state index in [9.17, 15) is 8.78 Å². The maximum atomic E-state index is 13.1. The summed E-state index contributed by atoms with van der Waals surface area (Å²) >= 11 is 0. The Morgan fingerprint density at radius 2 is 1.92 bits per heavy atom. The Morgan fingerprint density at radius 3 is 2.46 bits per heavy atom. The fourth-order valence-corrected chi connectivity index (χ4v) is 1.02. The van der Waals surface area contributed by atoms with Crippen LogP contribution in [0.2, 0.25) is 0 Å². The third-order valence-corrected chi connectivity index (χ3v) is 1.83. The van der Waals surface area contributed by atoms with Gasteiger partial charge in [-0.25, -0.2) is 8.78 Å². The summed E-state index contributed by atoms with van der Waals surface area (Å²) in [5.74, 6) is -0.962. The van der Waals surface area contributed by atoms with E-state index in [1.54, 1.807) is 19.0 Å². The van der Waals surface area contributed by atoms with Crippen molar-refractivity contribution in [1.82, 2.24) is 4.90 Å². The topological polar surface area (TPSA) is 29.3 Å². The van der Waals surface area contributed by atoms with Crippen LogP contribution in [0.4, 0.5) is 8.78 Å². The van der Waals surface area contributed by atoms with Crippen LogP contribution >= 0.6 is 0 Å². The molecule has 0 fully saturated rings. The van der Waals surface area contributed by atoms with Crippen LogP contribution in [-0.2, 0) is 0 Å². The van der Waals surface area contributed by atoms with Crippen LogP contribution in [0.3, 0.4) is 0 Å². The highest BCUT2D eigenvalue weighted by atomic mass is 19.1. The molecule has 0 saturated carbocycles. The van der Waals surface area contributed by atoms with Crippen LogP contribution in [0.1, 0.15) is 11.7 Å². The second-order valence-electron chi connectivity index (χ2n) is 3.07. The summed E-state index contributed by atoms with van der Waals surface area (Å²) < 4.78 is 25.8. The van der Waals surface area contributed by atoms with E-state index in [0.717, 1.165) is 18.2 Å². The molecule has 0 aliphatic carbocycles. The van der Waals surface area contributed by atoms with Crippen molar-refractivity contribution in [2.75, 3.05) is 14.1 Å². The molecule has 0 saturated heterocycles. The molecular weight excluding hydrogens is 174 g/mol. The third-order valence-electron chi connectivity index (χ3n) is 1.83. The number of hydrogen-bond acceptors (Lipinski definition) is 2. The van der Waals surface area contributed by atoms with E-state index in [-0.39, 0.29) is 5.56 Å². The van der Waals surface area contributed by atoms with Gasteiger partial charge in [0, 0.05) is 5.56 Å². The Hall–Kier alpha value is -1.00. The highest BCUT2D eigenvalue weighted by molar-refractivity contribution is 5.21. The Kier molecular flexibility index (Phi) is 2.95. The number of nitrogens with zero attached hydrogens (tertiary/aromatic N) is 1. The molecule has 1 aromatic rings. The zero-order chi connectivity index (χ0) is 10.0. The predicted molar refractivity (Wildman–Crippen MR) is 47.0 cm³/mol. The van der Waals surface area contributed by atoms with Crippen molar-refractivity contribution in [2.24, 2.45) is 5.73 Å². The molecule has 72 valence electrons. The smallest absolute Gasteiger partial charge is 0.129 e. The van der Waals surface area contributed by atoms with Crippen LogP contribution in [0, 0.1) is 11.6 Å². The number of benzene rings is 1. The molecular formula is C9H12F2N2. The summed E-state index contributed by atoms with van der Waals surface area (Å²) in [5, 5.41) is 0. The Morgan fingerprint density at radius 1 is 1.31 bits per heavy atom. The Labute approximate surface area is 76.0 Å². The summed E-state index contributed by atoms with van der Waals surface area (Å²) in [6.45, 7) is 0. The Balaban J connectivity index is 3.05. The molecule has 1 rings (SSSR count). The lowest BCUT2D eigenvalue weighted by molar-refractivity contribution is 0.298. The summed E-state index contributed by atoms with van der Waals surface area (Å²) in [4.78, 5) is 1.61. The van der Waals surface area contributed by atoms with Crippen molar-refractivity contribution in [3.05, 3.63) is 35.4 Å². The van der Waals surface area contributed by atoms with Gasteiger partial charge in [-0.3, -0.25) is 4.90 Å². The van der Waals surface area contributed by atoms with E-state index in [1.165, 1.54) is 0 Å². The molecule has 0 aliphatic rings. The third kappa shape index (κ3) is 2.23. The molecule has 2 nitrogen and oxygen atoms in total. The van der Waals surface area contributed by atoms with Gasteiger partial charge in [-0.2, -0.15) is 0 Å². The molecule has 0 radical (unpaired) electrons. The quantitative estimate of drug-likeness (QED) is 0.709. The second kappa shape index (κ2) is 3.81. The summed E-state index contributed by atoms with van der Waals surface area (Å²) in [5.41, 5.74) is 5.80. The minimum atomic E-state index is -0.615. The minimum Gasteiger partial charge on any atom is -0.312 e. The maximum absolute atomic E-state index is 13.1. The van der Waals surface area contributed by atoms with Gasteiger partial charge in [0.2, 0.25) is 0 Å². The fraction of sp³-hybridized carbons (Fsp3) is 0.333. The molecule has 2 N–H and O–H groups in total. The highest BCUT2D eigenvalue weighted by Crippen LogP contribution is 2.17. The highest BCUT2D eigenvalue weighted by Gasteiger charge is 2.13. The van der Waals surface area contributed by atoms with Crippen molar-refractivity contribution in [1.29, 1.82) is 0 Å². The van der Waals surface area contributed by atoms with Crippen LogP contribution in [0.5, 0.6) is 0 Å². The van der Waals surface area contributed by atoms with E-state index in [2.05, 4.69) is 0 Å². The molecule has 13 heavy (non-hydrogen) atoms. The van der Waals surface area contributed by atoms with Crippen molar-refractivity contribution >= 4 is 0 Å². The summed E-state index contributed by atoms with van der Waals surface area (Å²) in [7, 11) is 3.41. The largest absolute Gasteiger partial charge is 0.312 e. The van der Waals surface area contributed by atoms with Crippen molar-refractivity contribution < 1.29 is 8.78 Å². The molecule has 1 aromatic carbocycles. The number of nitrogens with two attached hydrogens (primary N) is 1. The molecule has 0 spiro atoms. The van der Waals surface area contributed by atoms with Gasteiger partial charge in [-0.15, -0.1) is 0 Å². The lowest BCUT2D eigenvalue weighted by Crippen LogP contribution is -2.28. The SMILES string of the molecule is CN(C)C(N)c1cc(F)ccc1F. The zero-order valence-corrected chi connectivity index (χ0v) is 7.59. The van der Waals surface area contributed by atoms with E-state index >= 15 is 0 Å². The molecule has 4 heteroatoms.